The van der Waals surface area contributed by atoms with Crippen molar-refractivity contribution in [1.29, 1.82) is 0 Å². The Hall–Kier alpha value is -1.59. The molecule has 1 aromatic carbocycles. The van der Waals surface area contributed by atoms with Crippen LogP contribution in [-0.2, 0) is 9.47 Å². The Bertz CT molecular complexity index is 632. The SMILES string of the molecule is CC(C)(C)OC(=O)N1[C@H](/C=C/[Si](C)(C)c2ccccc2)COC1(C)C. The van der Waals surface area contributed by atoms with Crippen molar-refractivity contribution in [2.75, 3.05) is 6.61 Å². The molecule has 0 unspecified atom stereocenters. The summed E-state index contributed by atoms with van der Waals surface area (Å²) in [7, 11) is -1.72. The summed E-state index contributed by atoms with van der Waals surface area (Å²) in [6.45, 7) is 14.5. The molecule has 1 fully saturated rings. The van der Waals surface area contributed by atoms with E-state index in [1.165, 1.54) is 5.19 Å². The predicted molar refractivity (Wildman–Crippen MR) is 105 cm³/mol. The Morgan fingerprint density at radius 3 is 2.44 bits per heavy atom. The Kier molecular flexibility index (Phi) is 5.49. The van der Waals surface area contributed by atoms with Crippen LogP contribution in [0, 0.1) is 0 Å². The van der Waals surface area contributed by atoms with Crippen LogP contribution in [0.15, 0.2) is 42.1 Å². The topological polar surface area (TPSA) is 38.8 Å². The van der Waals surface area contributed by atoms with Crippen molar-refractivity contribution < 1.29 is 14.3 Å². The predicted octanol–water partition coefficient (Wildman–Crippen LogP) is 4.07. The van der Waals surface area contributed by atoms with E-state index in [0.717, 1.165) is 0 Å². The molecule has 0 spiro atoms. The Morgan fingerprint density at radius 1 is 1.28 bits per heavy atom. The van der Waals surface area contributed by atoms with Gasteiger partial charge in [-0.05, 0) is 34.6 Å². The van der Waals surface area contributed by atoms with Crippen molar-refractivity contribution in [3.05, 3.63) is 42.1 Å². The first-order chi connectivity index (χ1) is 11.4. The van der Waals surface area contributed by atoms with Crippen LogP contribution >= 0.6 is 0 Å². The molecule has 1 aliphatic rings. The molecule has 0 aromatic heterocycles. The number of carbonyl (C=O) groups excluding carboxylic acids is 1. The van der Waals surface area contributed by atoms with Crippen LogP contribution in [0.1, 0.15) is 34.6 Å². The van der Waals surface area contributed by atoms with Crippen LogP contribution in [0.5, 0.6) is 0 Å². The molecule has 1 aliphatic heterocycles. The summed E-state index contributed by atoms with van der Waals surface area (Å²) in [5, 5.41) is 1.37. The van der Waals surface area contributed by atoms with Gasteiger partial charge in [-0.25, -0.2) is 4.79 Å². The fourth-order valence-electron chi connectivity index (χ4n) is 2.96. The van der Waals surface area contributed by atoms with Gasteiger partial charge in [-0.3, -0.25) is 4.90 Å². The van der Waals surface area contributed by atoms with E-state index in [0.29, 0.717) is 6.61 Å². The zero-order chi connectivity index (χ0) is 18.9. The highest BCUT2D eigenvalue weighted by molar-refractivity contribution is 6.93. The van der Waals surface area contributed by atoms with E-state index in [1.54, 1.807) is 4.90 Å². The molecule has 1 heterocycles. The second kappa shape index (κ2) is 6.96. The van der Waals surface area contributed by atoms with E-state index in [2.05, 4.69) is 49.1 Å². The van der Waals surface area contributed by atoms with Crippen molar-refractivity contribution in [2.45, 2.75) is 65.1 Å². The summed E-state index contributed by atoms with van der Waals surface area (Å²) in [4.78, 5) is 14.4. The average molecular weight is 362 g/mol. The molecular weight excluding hydrogens is 330 g/mol. The minimum atomic E-state index is -1.72. The highest BCUT2D eigenvalue weighted by atomic mass is 28.3. The van der Waals surface area contributed by atoms with E-state index in [1.807, 2.05) is 40.7 Å². The molecule has 25 heavy (non-hydrogen) atoms. The monoisotopic (exact) mass is 361 g/mol. The van der Waals surface area contributed by atoms with E-state index in [4.69, 9.17) is 9.47 Å². The molecule has 0 bridgehead atoms. The number of rotatable bonds is 3. The molecule has 0 aliphatic carbocycles. The number of amides is 1. The van der Waals surface area contributed by atoms with Crippen molar-refractivity contribution in [2.24, 2.45) is 0 Å². The van der Waals surface area contributed by atoms with Crippen LogP contribution in [0.4, 0.5) is 4.79 Å². The molecule has 0 saturated carbocycles. The lowest BCUT2D eigenvalue weighted by atomic mass is 10.2. The van der Waals surface area contributed by atoms with Gasteiger partial charge in [0.05, 0.1) is 12.6 Å². The summed E-state index contributed by atoms with van der Waals surface area (Å²) in [6, 6.07) is 10.4. The maximum absolute atomic E-state index is 12.7. The van der Waals surface area contributed by atoms with Gasteiger partial charge in [0.1, 0.15) is 19.4 Å². The minimum absolute atomic E-state index is 0.111. The standard InChI is InChI=1S/C20H31NO3Si/c1-19(2,3)24-18(22)21-16(15-23-20(21,4)5)13-14-25(6,7)17-11-9-8-10-12-17/h8-14,16H,15H2,1-7H3/b14-13+/t16-/m1/s1. The molecule has 4 nitrogen and oxygen atoms in total. The molecule has 5 heteroatoms. The molecule has 0 radical (unpaired) electrons. The molecule has 0 N–H and O–H groups in total. The van der Waals surface area contributed by atoms with Crippen LogP contribution < -0.4 is 5.19 Å². The quantitative estimate of drug-likeness (QED) is 0.762. The zero-order valence-corrected chi connectivity index (χ0v) is 17.5. The molecule has 1 aromatic rings. The van der Waals surface area contributed by atoms with Gasteiger partial charge in [0.2, 0.25) is 0 Å². The largest absolute Gasteiger partial charge is 0.444 e. The van der Waals surface area contributed by atoms with Crippen LogP contribution in [-0.4, -0.2) is 43.0 Å². The molecule has 1 amide bonds. The smallest absolute Gasteiger partial charge is 0.413 e. The van der Waals surface area contributed by atoms with Crippen LogP contribution in [0.2, 0.25) is 13.1 Å². The van der Waals surface area contributed by atoms with Crippen molar-refractivity contribution in [3.8, 4) is 0 Å². The van der Waals surface area contributed by atoms with E-state index < -0.39 is 19.4 Å². The lowest BCUT2D eigenvalue weighted by molar-refractivity contribution is -0.0610. The molecule has 2 rings (SSSR count). The lowest BCUT2D eigenvalue weighted by Crippen LogP contribution is -2.49. The number of hydrogen-bond acceptors (Lipinski definition) is 3. The van der Waals surface area contributed by atoms with E-state index in [9.17, 15) is 4.79 Å². The second-order valence-corrected chi connectivity index (χ2v) is 13.0. The zero-order valence-electron chi connectivity index (χ0n) is 16.5. The van der Waals surface area contributed by atoms with Gasteiger partial charge >= 0.3 is 6.09 Å². The van der Waals surface area contributed by atoms with Crippen molar-refractivity contribution >= 4 is 19.4 Å². The summed E-state index contributed by atoms with van der Waals surface area (Å²) in [6.07, 6.45) is 1.79. The lowest BCUT2D eigenvalue weighted by Gasteiger charge is -2.34. The van der Waals surface area contributed by atoms with Gasteiger partial charge in [-0.15, -0.1) is 0 Å². The minimum Gasteiger partial charge on any atom is -0.444 e. The third kappa shape index (κ3) is 4.95. The van der Waals surface area contributed by atoms with Gasteiger partial charge in [0.25, 0.3) is 0 Å². The van der Waals surface area contributed by atoms with Gasteiger partial charge < -0.3 is 9.47 Å². The molecule has 1 atom stereocenters. The number of hydrogen-bond donors (Lipinski definition) is 0. The number of nitrogens with zero attached hydrogens (tertiary/aromatic N) is 1. The number of carbonyl (C=O) groups is 1. The molecule has 138 valence electrons. The van der Waals surface area contributed by atoms with Gasteiger partial charge in [-0.2, -0.15) is 0 Å². The van der Waals surface area contributed by atoms with E-state index in [-0.39, 0.29) is 12.1 Å². The fraction of sp³-hybridized carbons (Fsp3) is 0.550. The third-order valence-electron chi connectivity index (χ3n) is 4.36. The summed E-state index contributed by atoms with van der Waals surface area (Å²) >= 11 is 0. The average Bonchev–Trinajstić information content (AvgIpc) is 2.79. The Balaban J connectivity index is 2.21. The number of benzene rings is 1. The van der Waals surface area contributed by atoms with Crippen molar-refractivity contribution in [3.63, 3.8) is 0 Å². The normalized spacial score (nSPS) is 20.9. The first kappa shape index (κ1) is 19.7. The molecule has 1 saturated heterocycles. The van der Waals surface area contributed by atoms with Crippen LogP contribution in [0.3, 0.4) is 0 Å². The maximum atomic E-state index is 12.7. The van der Waals surface area contributed by atoms with Crippen molar-refractivity contribution in [1.82, 2.24) is 4.90 Å². The fourth-order valence-corrected chi connectivity index (χ4v) is 4.90. The first-order valence-electron chi connectivity index (χ1n) is 8.83. The van der Waals surface area contributed by atoms with E-state index >= 15 is 0 Å². The highest BCUT2D eigenvalue weighted by Crippen LogP contribution is 2.30. The van der Waals surface area contributed by atoms with Gasteiger partial charge in [0, 0.05) is 0 Å². The Labute approximate surface area is 152 Å². The number of ether oxygens (including phenoxy) is 2. The van der Waals surface area contributed by atoms with Gasteiger partial charge in [-0.1, -0.05) is 60.4 Å². The van der Waals surface area contributed by atoms with Gasteiger partial charge in [0.15, 0.2) is 0 Å². The third-order valence-corrected chi connectivity index (χ3v) is 7.21. The maximum Gasteiger partial charge on any atom is 0.413 e. The Morgan fingerprint density at radius 2 is 1.88 bits per heavy atom. The summed E-state index contributed by atoms with van der Waals surface area (Å²) in [5.74, 6) is 0. The second-order valence-electron chi connectivity index (χ2n) is 8.62. The first-order valence-corrected chi connectivity index (χ1v) is 11.9. The summed E-state index contributed by atoms with van der Waals surface area (Å²) < 4.78 is 11.4. The van der Waals surface area contributed by atoms with Crippen LogP contribution in [0.25, 0.3) is 0 Å². The summed E-state index contributed by atoms with van der Waals surface area (Å²) in [5.41, 5.74) is 1.09. The highest BCUT2D eigenvalue weighted by Gasteiger charge is 2.44. The molecular formula is C20H31NO3Si.